The van der Waals surface area contributed by atoms with E-state index in [1.807, 2.05) is 24.3 Å². The summed E-state index contributed by atoms with van der Waals surface area (Å²) in [7, 11) is 1.65. The van der Waals surface area contributed by atoms with Crippen molar-refractivity contribution in [3.8, 4) is 11.5 Å². The highest BCUT2D eigenvalue weighted by Crippen LogP contribution is 2.38. The zero-order valence-corrected chi connectivity index (χ0v) is 19.7. The number of benzene rings is 2. The lowest BCUT2D eigenvalue weighted by molar-refractivity contribution is 0.0930. The van der Waals surface area contributed by atoms with Gasteiger partial charge in [-0.1, -0.05) is 24.3 Å². The number of hydrogen-bond acceptors (Lipinski definition) is 4. The van der Waals surface area contributed by atoms with E-state index in [1.54, 1.807) is 7.11 Å². The van der Waals surface area contributed by atoms with E-state index >= 15 is 0 Å². The summed E-state index contributed by atoms with van der Waals surface area (Å²) in [4.78, 5) is 18.4. The largest absolute Gasteiger partial charge is 0.496 e. The van der Waals surface area contributed by atoms with E-state index in [0.717, 1.165) is 61.3 Å². The van der Waals surface area contributed by atoms with Gasteiger partial charge in [-0.15, -0.1) is 0 Å². The summed E-state index contributed by atoms with van der Waals surface area (Å²) in [6.07, 6.45) is 3.14. The normalized spacial score (nSPS) is 18.2. The van der Waals surface area contributed by atoms with E-state index in [1.165, 1.54) is 11.1 Å². The van der Waals surface area contributed by atoms with Crippen LogP contribution < -0.4 is 14.8 Å². The van der Waals surface area contributed by atoms with Gasteiger partial charge in [-0.2, -0.15) is 0 Å². The lowest BCUT2D eigenvalue weighted by Crippen LogP contribution is -2.38. The summed E-state index contributed by atoms with van der Waals surface area (Å²) in [6, 6.07) is 14.2. The molecule has 6 nitrogen and oxygen atoms in total. The number of fused-ring (bicyclic) bond motifs is 2. The van der Waals surface area contributed by atoms with Crippen LogP contribution in [0.2, 0.25) is 0 Å². The van der Waals surface area contributed by atoms with Crippen LogP contribution in [0.15, 0.2) is 42.5 Å². The predicted octanol–water partition coefficient (Wildman–Crippen LogP) is 4.53. The summed E-state index contributed by atoms with van der Waals surface area (Å²) in [5.41, 5.74) is 3.99. The molecule has 6 heteroatoms. The highest BCUT2D eigenvalue weighted by molar-refractivity contribution is 5.99. The zero-order chi connectivity index (χ0) is 23.0. The number of hydrogen-bond donors (Lipinski definition) is 2. The van der Waals surface area contributed by atoms with Gasteiger partial charge in [0.25, 0.3) is 5.91 Å². The molecule has 0 radical (unpaired) electrons. The number of H-pyrrole nitrogens is 1. The summed E-state index contributed by atoms with van der Waals surface area (Å²) in [5, 5.41) is 4.05. The molecule has 0 spiro atoms. The van der Waals surface area contributed by atoms with Crippen LogP contribution in [0.25, 0.3) is 10.9 Å². The lowest BCUT2D eigenvalue weighted by Gasteiger charge is -2.32. The maximum Gasteiger partial charge on any atom is 0.267 e. The van der Waals surface area contributed by atoms with Crippen molar-refractivity contribution in [2.75, 3.05) is 26.7 Å². The Morgan fingerprint density at radius 1 is 1.21 bits per heavy atom. The Morgan fingerprint density at radius 2 is 2.00 bits per heavy atom. The number of aromatic amines is 1. The molecule has 1 saturated heterocycles. The molecular weight excluding hydrogens is 414 g/mol. The average molecular weight is 448 g/mol. The van der Waals surface area contributed by atoms with Crippen molar-refractivity contribution in [3.05, 3.63) is 59.3 Å². The van der Waals surface area contributed by atoms with Gasteiger partial charge in [0, 0.05) is 36.0 Å². The van der Waals surface area contributed by atoms with Crippen molar-refractivity contribution in [2.45, 2.75) is 45.3 Å². The molecule has 2 aliphatic rings. The van der Waals surface area contributed by atoms with Gasteiger partial charge >= 0.3 is 0 Å². The number of rotatable bonds is 6. The molecule has 0 bridgehead atoms. The highest BCUT2D eigenvalue weighted by atomic mass is 16.5. The summed E-state index contributed by atoms with van der Waals surface area (Å²) < 4.78 is 11.6. The first-order valence-corrected chi connectivity index (χ1v) is 11.9. The smallest absolute Gasteiger partial charge is 0.267 e. The minimum atomic E-state index is -0.111. The van der Waals surface area contributed by atoms with Gasteiger partial charge in [0.05, 0.1) is 7.11 Å². The third kappa shape index (κ3) is 4.58. The molecule has 0 saturated carbocycles. The minimum Gasteiger partial charge on any atom is -0.496 e. The topological polar surface area (TPSA) is 66.6 Å². The lowest BCUT2D eigenvalue weighted by atomic mass is 9.96. The van der Waals surface area contributed by atoms with E-state index in [0.29, 0.717) is 18.2 Å². The SMILES string of the molecule is COc1cccc2[nH]c(C(=O)NCC3CCN(Cc4cccc5c4OC(C)(C)C5)CC3)cc12. The molecule has 1 aromatic heterocycles. The first-order valence-electron chi connectivity index (χ1n) is 11.9. The summed E-state index contributed by atoms with van der Waals surface area (Å²) in [6.45, 7) is 8.02. The number of methoxy groups -OCH3 is 1. The fraction of sp³-hybridized carbons (Fsp3) is 0.444. The first-order chi connectivity index (χ1) is 15.9. The van der Waals surface area contributed by atoms with Crippen LogP contribution in [0.5, 0.6) is 11.5 Å². The first kappa shape index (κ1) is 21.8. The van der Waals surface area contributed by atoms with E-state index in [-0.39, 0.29) is 11.5 Å². The maximum absolute atomic E-state index is 12.7. The quantitative estimate of drug-likeness (QED) is 0.583. The molecule has 0 atom stereocenters. The number of nitrogens with one attached hydrogen (secondary N) is 2. The fourth-order valence-electron chi connectivity index (χ4n) is 5.15. The van der Waals surface area contributed by atoms with E-state index in [9.17, 15) is 4.79 Å². The van der Waals surface area contributed by atoms with Crippen molar-refractivity contribution < 1.29 is 14.3 Å². The van der Waals surface area contributed by atoms with Gasteiger partial charge in [-0.05, 0) is 69.5 Å². The number of nitrogens with zero attached hydrogens (tertiary/aromatic N) is 1. The molecule has 3 heterocycles. The molecule has 2 aromatic carbocycles. The van der Waals surface area contributed by atoms with Crippen LogP contribution in [0, 0.1) is 5.92 Å². The highest BCUT2D eigenvalue weighted by Gasteiger charge is 2.32. The van der Waals surface area contributed by atoms with E-state index < -0.39 is 0 Å². The Kier molecular flexibility index (Phi) is 5.79. The number of ether oxygens (including phenoxy) is 2. The van der Waals surface area contributed by atoms with Crippen LogP contribution in [0.4, 0.5) is 0 Å². The number of amides is 1. The van der Waals surface area contributed by atoms with Gasteiger partial charge in [0.2, 0.25) is 0 Å². The van der Waals surface area contributed by atoms with Crippen LogP contribution in [-0.2, 0) is 13.0 Å². The van der Waals surface area contributed by atoms with E-state index in [4.69, 9.17) is 9.47 Å². The van der Waals surface area contributed by atoms with Gasteiger partial charge in [0.1, 0.15) is 22.8 Å². The third-order valence-electron chi connectivity index (χ3n) is 6.91. The fourth-order valence-corrected chi connectivity index (χ4v) is 5.15. The Morgan fingerprint density at radius 3 is 2.79 bits per heavy atom. The van der Waals surface area contributed by atoms with Gasteiger partial charge in [0.15, 0.2) is 0 Å². The summed E-state index contributed by atoms with van der Waals surface area (Å²) >= 11 is 0. The average Bonchev–Trinajstić information content (AvgIpc) is 3.38. The molecule has 2 aliphatic heterocycles. The number of para-hydroxylation sites is 1. The zero-order valence-electron chi connectivity index (χ0n) is 19.7. The Bertz CT molecular complexity index is 1160. The Balaban J connectivity index is 1.13. The second kappa shape index (κ2) is 8.75. The standard InChI is InChI=1S/C27H33N3O3/c1-27(2)15-19-6-4-7-20(25(19)33-27)17-30-12-10-18(11-13-30)16-28-26(31)23-14-21-22(29-23)8-5-9-24(21)32-3/h4-9,14,18,29H,10-13,15-17H2,1-3H3,(H,28,31). The molecule has 33 heavy (non-hydrogen) atoms. The monoisotopic (exact) mass is 447 g/mol. The number of piperidine rings is 1. The molecule has 3 aromatic rings. The van der Waals surface area contributed by atoms with Gasteiger partial charge in [-0.25, -0.2) is 0 Å². The molecule has 1 amide bonds. The van der Waals surface area contributed by atoms with Crippen LogP contribution in [-0.4, -0.2) is 48.1 Å². The van der Waals surface area contributed by atoms with Crippen molar-refractivity contribution in [1.29, 1.82) is 0 Å². The van der Waals surface area contributed by atoms with Gasteiger partial charge < -0.3 is 19.8 Å². The number of carbonyl (C=O) groups is 1. The van der Waals surface area contributed by atoms with Crippen molar-refractivity contribution in [2.24, 2.45) is 5.92 Å². The van der Waals surface area contributed by atoms with E-state index in [2.05, 4.69) is 47.2 Å². The van der Waals surface area contributed by atoms with Crippen molar-refractivity contribution in [3.63, 3.8) is 0 Å². The molecule has 1 fully saturated rings. The third-order valence-corrected chi connectivity index (χ3v) is 6.91. The van der Waals surface area contributed by atoms with Crippen LogP contribution in [0.3, 0.4) is 0 Å². The molecule has 174 valence electrons. The maximum atomic E-state index is 12.7. The predicted molar refractivity (Wildman–Crippen MR) is 130 cm³/mol. The second-order valence-corrected chi connectivity index (χ2v) is 9.98. The van der Waals surface area contributed by atoms with Crippen molar-refractivity contribution >= 4 is 16.8 Å². The Labute approximate surface area is 195 Å². The number of carbonyl (C=O) groups excluding carboxylic acids is 1. The number of aromatic nitrogens is 1. The van der Waals surface area contributed by atoms with Gasteiger partial charge in [-0.3, -0.25) is 9.69 Å². The Hall–Kier alpha value is -2.99. The minimum absolute atomic E-state index is 0.0599. The molecule has 5 rings (SSSR count). The van der Waals surface area contributed by atoms with Crippen LogP contribution in [0.1, 0.15) is 48.3 Å². The van der Waals surface area contributed by atoms with Crippen LogP contribution >= 0.6 is 0 Å². The second-order valence-electron chi connectivity index (χ2n) is 9.98. The van der Waals surface area contributed by atoms with Crippen molar-refractivity contribution in [1.82, 2.24) is 15.2 Å². The number of likely N-dealkylation sites (tertiary alicyclic amines) is 1. The molecular formula is C27H33N3O3. The summed E-state index contributed by atoms with van der Waals surface area (Å²) in [5.74, 6) is 2.30. The molecule has 0 unspecified atom stereocenters. The molecule has 0 aliphatic carbocycles. The molecule has 2 N–H and O–H groups in total.